The van der Waals surface area contributed by atoms with Gasteiger partial charge in [-0.05, 0) is 37.4 Å². The second-order valence-electron chi connectivity index (χ2n) is 4.63. The summed E-state index contributed by atoms with van der Waals surface area (Å²) < 4.78 is 5.40. The number of anilines is 1. The van der Waals surface area contributed by atoms with Gasteiger partial charge in [0.25, 0.3) is 0 Å². The highest BCUT2D eigenvalue weighted by Crippen LogP contribution is 2.28. The molecular formula is C13H17N3O. The fourth-order valence-corrected chi connectivity index (χ4v) is 2.51. The molecule has 2 N–H and O–H groups in total. The molecule has 0 spiro atoms. The Labute approximate surface area is 100 Å². The molecule has 2 aromatic rings. The average molecular weight is 231 g/mol. The van der Waals surface area contributed by atoms with Crippen molar-refractivity contribution in [2.45, 2.75) is 12.8 Å². The molecule has 3 heterocycles. The maximum Gasteiger partial charge on any atom is 0.139 e. The number of aromatic nitrogens is 1. The molecule has 0 saturated carbocycles. The Kier molecular flexibility index (Phi) is 2.73. The van der Waals surface area contributed by atoms with Gasteiger partial charge in [-0.15, -0.1) is 0 Å². The first-order valence-electron chi connectivity index (χ1n) is 6.15. The van der Waals surface area contributed by atoms with E-state index in [1.54, 1.807) is 6.26 Å². The predicted octanol–water partition coefficient (Wildman–Crippen LogP) is 2.00. The highest BCUT2D eigenvalue weighted by molar-refractivity contribution is 5.88. The van der Waals surface area contributed by atoms with Crippen LogP contribution < -0.4 is 10.6 Å². The number of nitrogens with zero attached hydrogens (tertiary/aromatic N) is 2. The van der Waals surface area contributed by atoms with Gasteiger partial charge in [0.1, 0.15) is 11.4 Å². The number of hydrogen-bond donors (Lipinski definition) is 1. The van der Waals surface area contributed by atoms with Gasteiger partial charge < -0.3 is 15.1 Å². The Hall–Kier alpha value is -1.55. The molecule has 0 atom stereocenters. The topological polar surface area (TPSA) is 55.3 Å². The summed E-state index contributed by atoms with van der Waals surface area (Å²) in [6.07, 6.45) is 5.86. The van der Waals surface area contributed by atoms with Gasteiger partial charge in [0, 0.05) is 19.3 Å². The maximum absolute atomic E-state index is 5.71. The average Bonchev–Trinajstić information content (AvgIpc) is 2.87. The summed E-state index contributed by atoms with van der Waals surface area (Å²) in [6.45, 7) is 2.88. The van der Waals surface area contributed by atoms with E-state index in [1.807, 2.05) is 18.3 Å². The van der Waals surface area contributed by atoms with Crippen molar-refractivity contribution in [1.29, 1.82) is 0 Å². The standard InChI is InChI=1S/C13H17N3O/c14-9-10-2-6-16(7-3-10)13-11-4-8-17-12(11)1-5-15-13/h1,4-5,8,10H,2-3,6-7,9,14H2. The van der Waals surface area contributed by atoms with Crippen LogP contribution in [-0.4, -0.2) is 24.6 Å². The van der Waals surface area contributed by atoms with Crippen LogP contribution in [0.15, 0.2) is 29.0 Å². The van der Waals surface area contributed by atoms with Gasteiger partial charge in [-0.2, -0.15) is 0 Å². The minimum absolute atomic E-state index is 0.676. The minimum atomic E-state index is 0.676. The first-order chi connectivity index (χ1) is 8.38. The predicted molar refractivity (Wildman–Crippen MR) is 68.0 cm³/mol. The van der Waals surface area contributed by atoms with Crippen molar-refractivity contribution < 1.29 is 4.42 Å². The zero-order valence-corrected chi connectivity index (χ0v) is 9.80. The fourth-order valence-electron chi connectivity index (χ4n) is 2.51. The van der Waals surface area contributed by atoms with E-state index in [2.05, 4.69) is 9.88 Å². The number of nitrogens with two attached hydrogens (primary N) is 1. The second kappa shape index (κ2) is 4.37. The van der Waals surface area contributed by atoms with Crippen molar-refractivity contribution in [1.82, 2.24) is 4.98 Å². The van der Waals surface area contributed by atoms with Crippen molar-refractivity contribution in [2.75, 3.05) is 24.5 Å². The summed E-state index contributed by atoms with van der Waals surface area (Å²) in [5, 5.41) is 1.11. The van der Waals surface area contributed by atoms with Gasteiger partial charge in [-0.1, -0.05) is 0 Å². The number of fused-ring (bicyclic) bond motifs is 1. The van der Waals surface area contributed by atoms with E-state index >= 15 is 0 Å². The van der Waals surface area contributed by atoms with Crippen LogP contribution in [0.25, 0.3) is 11.0 Å². The van der Waals surface area contributed by atoms with E-state index in [9.17, 15) is 0 Å². The van der Waals surface area contributed by atoms with E-state index in [-0.39, 0.29) is 0 Å². The van der Waals surface area contributed by atoms with Crippen molar-refractivity contribution in [3.8, 4) is 0 Å². The molecule has 17 heavy (non-hydrogen) atoms. The Bertz CT molecular complexity index is 500. The first kappa shape index (κ1) is 10.6. The van der Waals surface area contributed by atoms with E-state index in [0.717, 1.165) is 49.3 Å². The monoisotopic (exact) mass is 231 g/mol. The molecule has 4 nitrogen and oxygen atoms in total. The molecule has 0 bridgehead atoms. The van der Waals surface area contributed by atoms with E-state index < -0.39 is 0 Å². The van der Waals surface area contributed by atoms with Crippen molar-refractivity contribution in [2.24, 2.45) is 11.7 Å². The quantitative estimate of drug-likeness (QED) is 0.859. The summed E-state index contributed by atoms with van der Waals surface area (Å²) in [7, 11) is 0. The number of piperidine rings is 1. The molecule has 1 fully saturated rings. The number of hydrogen-bond acceptors (Lipinski definition) is 4. The Balaban J connectivity index is 1.87. The third-order valence-electron chi connectivity index (χ3n) is 3.61. The minimum Gasteiger partial charge on any atom is -0.464 e. The lowest BCUT2D eigenvalue weighted by molar-refractivity contribution is 0.413. The fraction of sp³-hybridized carbons (Fsp3) is 0.462. The van der Waals surface area contributed by atoms with Crippen molar-refractivity contribution >= 4 is 16.8 Å². The summed E-state index contributed by atoms with van der Waals surface area (Å²) in [5.41, 5.74) is 6.63. The van der Waals surface area contributed by atoms with E-state index in [1.165, 1.54) is 0 Å². The summed E-state index contributed by atoms with van der Waals surface area (Å²) in [4.78, 5) is 6.83. The van der Waals surface area contributed by atoms with Crippen LogP contribution in [0.1, 0.15) is 12.8 Å². The van der Waals surface area contributed by atoms with Gasteiger partial charge >= 0.3 is 0 Å². The number of furan rings is 1. The Morgan fingerprint density at radius 1 is 1.35 bits per heavy atom. The van der Waals surface area contributed by atoms with E-state index in [4.69, 9.17) is 10.2 Å². The summed E-state index contributed by atoms with van der Waals surface area (Å²) in [5.74, 6) is 1.72. The summed E-state index contributed by atoms with van der Waals surface area (Å²) >= 11 is 0. The molecule has 1 saturated heterocycles. The van der Waals surface area contributed by atoms with Crippen LogP contribution in [0.4, 0.5) is 5.82 Å². The normalized spacial score (nSPS) is 17.8. The molecular weight excluding hydrogens is 214 g/mol. The lowest BCUT2D eigenvalue weighted by Crippen LogP contribution is -2.36. The SMILES string of the molecule is NCC1CCN(c2nccc3occc23)CC1. The molecule has 1 aliphatic rings. The highest BCUT2D eigenvalue weighted by atomic mass is 16.3. The molecule has 1 aliphatic heterocycles. The zero-order valence-electron chi connectivity index (χ0n) is 9.80. The lowest BCUT2D eigenvalue weighted by atomic mass is 9.97. The van der Waals surface area contributed by atoms with Crippen molar-refractivity contribution in [3.63, 3.8) is 0 Å². The van der Waals surface area contributed by atoms with Crippen LogP contribution in [0.3, 0.4) is 0 Å². The van der Waals surface area contributed by atoms with Crippen LogP contribution >= 0.6 is 0 Å². The van der Waals surface area contributed by atoms with Gasteiger partial charge in [0.2, 0.25) is 0 Å². The summed E-state index contributed by atoms with van der Waals surface area (Å²) in [6, 6.07) is 3.90. The number of rotatable bonds is 2. The van der Waals surface area contributed by atoms with Crippen LogP contribution in [0, 0.1) is 5.92 Å². The Morgan fingerprint density at radius 3 is 2.94 bits per heavy atom. The highest BCUT2D eigenvalue weighted by Gasteiger charge is 2.20. The van der Waals surface area contributed by atoms with E-state index in [0.29, 0.717) is 5.92 Å². The van der Waals surface area contributed by atoms with Gasteiger partial charge in [-0.3, -0.25) is 0 Å². The molecule has 3 rings (SSSR count). The molecule has 0 aromatic carbocycles. The largest absolute Gasteiger partial charge is 0.464 e. The molecule has 0 radical (unpaired) electrons. The van der Waals surface area contributed by atoms with Crippen molar-refractivity contribution in [3.05, 3.63) is 24.6 Å². The molecule has 0 unspecified atom stereocenters. The molecule has 90 valence electrons. The maximum atomic E-state index is 5.71. The third-order valence-corrected chi connectivity index (χ3v) is 3.61. The van der Waals surface area contributed by atoms with Crippen LogP contribution in [0.2, 0.25) is 0 Å². The molecule has 2 aromatic heterocycles. The van der Waals surface area contributed by atoms with Gasteiger partial charge in [0.15, 0.2) is 0 Å². The smallest absolute Gasteiger partial charge is 0.139 e. The van der Waals surface area contributed by atoms with Crippen LogP contribution in [-0.2, 0) is 0 Å². The zero-order chi connectivity index (χ0) is 11.7. The first-order valence-corrected chi connectivity index (χ1v) is 6.15. The van der Waals surface area contributed by atoms with Gasteiger partial charge in [-0.25, -0.2) is 4.98 Å². The van der Waals surface area contributed by atoms with Gasteiger partial charge in [0.05, 0.1) is 11.6 Å². The van der Waals surface area contributed by atoms with Crippen LogP contribution in [0.5, 0.6) is 0 Å². The lowest BCUT2D eigenvalue weighted by Gasteiger charge is -2.32. The number of pyridine rings is 1. The Morgan fingerprint density at radius 2 is 2.18 bits per heavy atom. The third kappa shape index (κ3) is 1.89. The molecule has 4 heteroatoms. The molecule has 0 aliphatic carbocycles. The second-order valence-corrected chi connectivity index (χ2v) is 4.63. The molecule has 0 amide bonds.